The van der Waals surface area contributed by atoms with Crippen molar-refractivity contribution in [3.63, 3.8) is 0 Å². The zero-order chi connectivity index (χ0) is 16.8. The first-order valence-corrected chi connectivity index (χ1v) is 9.92. The molecule has 6 heteroatoms. The Kier molecular flexibility index (Phi) is 4.33. The van der Waals surface area contributed by atoms with Gasteiger partial charge in [-0.3, -0.25) is 0 Å². The molecule has 0 aliphatic heterocycles. The van der Waals surface area contributed by atoms with Gasteiger partial charge >= 0.3 is 0 Å². The van der Waals surface area contributed by atoms with Gasteiger partial charge in [-0.25, -0.2) is 8.42 Å². The third kappa shape index (κ3) is 3.07. The average Bonchev–Trinajstić information content (AvgIpc) is 3.25. The van der Waals surface area contributed by atoms with Crippen LogP contribution in [0.3, 0.4) is 0 Å². The fraction of sp³-hybridized carbons (Fsp3) is 0.235. The normalized spacial score (nSPS) is 23.5. The predicted molar refractivity (Wildman–Crippen MR) is 99.3 cm³/mol. The summed E-state index contributed by atoms with van der Waals surface area (Å²) < 4.78 is 26.8. The molecule has 2 N–H and O–H groups in total. The van der Waals surface area contributed by atoms with E-state index in [4.69, 9.17) is 18.0 Å². The molecule has 0 spiro atoms. The summed E-state index contributed by atoms with van der Waals surface area (Å²) in [6.45, 7) is 1.93. The maximum absolute atomic E-state index is 12.9. The Bertz CT molecular complexity index is 845. The summed E-state index contributed by atoms with van der Waals surface area (Å²) in [4.78, 5) is 0.590. The molecule has 0 bridgehead atoms. The summed E-state index contributed by atoms with van der Waals surface area (Å²) in [6, 6.07) is 14.6. The molecular formula is C17H16BrNO2S2. The van der Waals surface area contributed by atoms with Gasteiger partial charge in [-0.05, 0) is 36.8 Å². The van der Waals surface area contributed by atoms with Gasteiger partial charge in [0.15, 0.2) is 9.84 Å². The van der Waals surface area contributed by atoms with Crippen LogP contribution in [0.25, 0.3) is 0 Å². The Morgan fingerprint density at radius 1 is 1.09 bits per heavy atom. The lowest BCUT2D eigenvalue weighted by Gasteiger charge is -2.05. The third-order valence-corrected chi connectivity index (χ3v) is 7.28. The van der Waals surface area contributed by atoms with Crippen molar-refractivity contribution in [3.8, 4) is 0 Å². The van der Waals surface area contributed by atoms with Gasteiger partial charge in [-0.2, -0.15) is 0 Å². The highest BCUT2D eigenvalue weighted by molar-refractivity contribution is 9.10. The highest BCUT2D eigenvalue weighted by atomic mass is 79.9. The first kappa shape index (κ1) is 16.6. The molecule has 1 saturated carbocycles. The number of hydrogen-bond donors (Lipinski definition) is 1. The average molecular weight is 410 g/mol. The first-order valence-electron chi connectivity index (χ1n) is 7.18. The third-order valence-electron chi connectivity index (χ3n) is 4.25. The zero-order valence-corrected chi connectivity index (χ0v) is 15.7. The van der Waals surface area contributed by atoms with Crippen molar-refractivity contribution in [1.82, 2.24) is 0 Å². The van der Waals surface area contributed by atoms with Crippen molar-refractivity contribution in [2.45, 2.75) is 23.0 Å². The lowest BCUT2D eigenvalue weighted by atomic mass is 10.1. The van der Waals surface area contributed by atoms with Crippen molar-refractivity contribution in [3.05, 3.63) is 64.1 Å². The summed E-state index contributed by atoms with van der Waals surface area (Å²) in [5.41, 5.74) is 7.78. The van der Waals surface area contributed by atoms with Gasteiger partial charge in [-0.1, -0.05) is 58.0 Å². The van der Waals surface area contributed by atoms with E-state index in [0.29, 0.717) is 4.90 Å². The van der Waals surface area contributed by atoms with Crippen molar-refractivity contribution >= 4 is 43.0 Å². The molecule has 0 unspecified atom stereocenters. The Hall–Kier alpha value is -1.24. The minimum Gasteiger partial charge on any atom is -0.393 e. The molecule has 3 atom stereocenters. The second kappa shape index (κ2) is 6.00. The van der Waals surface area contributed by atoms with E-state index in [1.165, 1.54) is 0 Å². The first-order chi connectivity index (χ1) is 10.8. The Morgan fingerprint density at radius 3 is 2.17 bits per heavy atom. The summed E-state index contributed by atoms with van der Waals surface area (Å²) in [6.07, 6.45) is 0. The number of nitrogens with two attached hydrogens (primary N) is 1. The van der Waals surface area contributed by atoms with E-state index < -0.39 is 15.1 Å². The van der Waals surface area contributed by atoms with Crippen molar-refractivity contribution in [2.75, 3.05) is 0 Å². The highest BCUT2D eigenvalue weighted by Gasteiger charge is 2.60. The summed E-state index contributed by atoms with van der Waals surface area (Å²) in [5.74, 6) is -0.482. The number of sulfone groups is 1. The Morgan fingerprint density at radius 2 is 1.65 bits per heavy atom. The van der Waals surface area contributed by atoms with E-state index in [1.807, 2.05) is 31.2 Å². The topological polar surface area (TPSA) is 60.2 Å². The molecule has 3 rings (SSSR count). The minimum atomic E-state index is -3.46. The van der Waals surface area contributed by atoms with Gasteiger partial charge in [0.05, 0.1) is 15.1 Å². The quantitative estimate of drug-likeness (QED) is 0.783. The molecule has 1 aliphatic carbocycles. The summed E-state index contributed by atoms with van der Waals surface area (Å²) in [5, 5.41) is -0.580. The van der Waals surface area contributed by atoms with Crippen LogP contribution in [-0.2, 0) is 9.84 Å². The second-order valence-corrected chi connectivity index (χ2v) is 9.32. The largest absolute Gasteiger partial charge is 0.393 e. The van der Waals surface area contributed by atoms with Crippen molar-refractivity contribution < 1.29 is 8.42 Å². The number of aryl methyl sites for hydroxylation is 1. The number of thiocarbonyl (C=S) groups is 1. The molecule has 1 aliphatic rings. The van der Waals surface area contributed by atoms with E-state index >= 15 is 0 Å². The van der Waals surface area contributed by atoms with E-state index in [1.54, 1.807) is 24.3 Å². The van der Waals surface area contributed by atoms with E-state index in [0.717, 1.165) is 15.6 Å². The van der Waals surface area contributed by atoms with Crippen LogP contribution in [0, 0.1) is 12.8 Å². The predicted octanol–water partition coefficient (Wildman–Crippen LogP) is 3.60. The van der Waals surface area contributed by atoms with Gasteiger partial charge in [0.25, 0.3) is 0 Å². The van der Waals surface area contributed by atoms with Crippen LogP contribution in [0.5, 0.6) is 0 Å². The van der Waals surface area contributed by atoms with Gasteiger partial charge in [0.2, 0.25) is 0 Å². The SMILES string of the molecule is Cc1ccc(S(=O)(=O)[C@@H]2[C@@H](C(N)=S)[C@@H]2c2ccc(Br)cc2)cc1. The van der Waals surface area contributed by atoms with Crippen LogP contribution in [0.15, 0.2) is 57.9 Å². The molecule has 0 aromatic heterocycles. The van der Waals surface area contributed by atoms with Gasteiger partial charge in [-0.15, -0.1) is 0 Å². The lowest BCUT2D eigenvalue weighted by molar-refractivity contribution is 0.593. The molecule has 1 fully saturated rings. The molecule has 120 valence electrons. The maximum atomic E-state index is 12.9. The fourth-order valence-corrected chi connectivity index (χ4v) is 5.77. The van der Waals surface area contributed by atoms with Crippen LogP contribution >= 0.6 is 28.1 Å². The van der Waals surface area contributed by atoms with Crippen LogP contribution in [-0.4, -0.2) is 18.7 Å². The molecule has 0 radical (unpaired) electrons. The number of rotatable bonds is 4. The maximum Gasteiger partial charge on any atom is 0.182 e. The lowest BCUT2D eigenvalue weighted by Crippen LogP contribution is -2.17. The number of halogens is 1. The van der Waals surface area contributed by atoms with Crippen LogP contribution in [0.1, 0.15) is 17.0 Å². The van der Waals surface area contributed by atoms with E-state index in [9.17, 15) is 8.42 Å². The molecule has 0 saturated heterocycles. The summed E-state index contributed by atoms with van der Waals surface area (Å²) >= 11 is 8.49. The molecule has 0 amide bonds. The van der Waals surface area contributed by atoms with Gasteiger partial charge in [0.1, 0.15) is 0 Å². The Labute approximate surface area is 149 Å². The van der Waals surface area contributed by atoms with Crippen molar-refractivity contribution in [2.24, 2.45) is 11.7 Å². The van der Waals surface area contributed by atoms with Crippen molar-refractivity contribution in [1.29, 1.82) is 0 Å². The fourth-order valence-electron chi connectivity index (χ4n) is 2.98. The Balaban J connectivity index is 1.98. The molecular weight excluding hydrogens is 394 g/mol. The molecule has 3 nitrogen and oxygen atoms in total. The standard InChI is InChI=1S/C17H16BrNO2S2/c1-10-2-8-13(9-3-10)23(20,21)16-14(15(16)17(19)22)11-4-6-12(18)7-5-11/h2-9,14-16H,1H3,(H2,19,22)/t14-,15-,16-/m0/s1. The van der Waals surface area contributed by atoms with Gasteiger partial charge in [0, 0.05) is 16.3 Å². The zero-order valence-electron chi connectivity index (χ0n) is 12.4. The molecule has 2 aromatic rings. The number of benzene rings is 2. The van der Waals surface area contributed by atoms with E-state index in [2.05, 4.69) is 15.9 Å². The number of hydrogen-bond acceptors (Lipinski definition) is 3. The minimum absolute atomic E-state index is 0.174. The van der Waals surface area contributed by atoms with Gasteiger partial charge < -0.3 is 5.73 Å². The summed E-state index contributed by atoms with van der Waals surface area (Å²) in [7, 11) is -3.46. The van der Waals surface area contributed by atoms with Crippen LogP contribution < -0.4 is 5.73 Å². The monoisotopic (exact) mass is 409 g/mol. The van der Waals surface area contributed by atoms with E-state index in [-0.39, 0.29) is 16.8 Å². The molecule has 23 heavy (non-hydrogen) atoms. The van der Waals surface area contributed by atoms with Crippen LogP contribution in [0.2, 0.25) is 0 Å². The molecule has 2 aromatic carbocycles. The van der Waals surface area contributed by atoms with Crippen LogP contribution in [0.4, 0.5) is 0 Å². The highest BCUT2D eigenvalue weighted by Crippen LogP contribution is 2.54. The molecule has 0 heterocycles. The smallest absolute Gasteiger partial charge is 0.182 e. The second-order valence-electron chi connectivity index (χ2n) is 5.83.